The third kappa shape index (κ3) is 6.99. The Morgan fingerprint density at radius 2 is 2.17 bits per heavy atom. The fourth-order valence-corrected chi connectivity index (χ4v) is 2.67. The topological polar surface area (TPSA) is 83.8 Å². The summed E-state index contributed by atoms with van der Waals surface area (Å²) in [7, 11) is 0. The molecule has 23 heavy (non-hydrogen) atoms. The molecule has 1 heterocycles. The largest absolute Gasteiger partial charge is 0.481 e. The second-order valence-corrected chi connectivity index (χ2v) is 6.91. The van der Waals surface area contributed by atoms with Crippen LogP contribution in [-0.4, -0.2) is 33.9 Å². The van der Waals surface area contributed by atoms with E-state index in [1.54, 1.807) is 6.08 Å². The van der Waals surface area contributed by atoms with Crippen molar-refractivity contribution in [2.45, 2.75) is 64.6 Å². The SMILES string of the molecule is C=C(CC[C@@H](/C=C/[C@@](C)(O)CC(=O)O)C(C)C)[C@@H]1CCC(=O)O1. The van der Waals surface area contributed by atoms with Crippen molar-refractivity contribution in [3.05, 3.63) is 24.3 Å². The van der Waals surface area contributed by atoms with Crippen molar-refractivity contribution in [2.75, 3.05) is 0 Å². The molecular formula is C18H28O5. The molecule has 5 nitrogen and oxygen atoms in total. The van der Waals surface area contributed by atoms with Crippen LogP contribution in [-0.2, 0) is 14.3 Å². The third-order valence-corrected chi connectivity index (χ3v) is 4.21. The van der Waals surface area contributed by atoms with Crippen molar-refractivity contribution in [3.63, 3.8) is 0 Å². The number of allylic oxidation sites excluding steroid dienone is 1. The second-order valence-electron chi connectivity index (χ2n) is 6.91. The molecule has 0 amide bonds. The summed E-state index contributed by atoms with van der Waals surface area (Å²) in [5.74, 6) is -0.645. The number of esters is 1. The highest BCUT2D eigenvalue weighted by Crippen LogP contribution is 2.27. The highest BCUT2D eigenvalue weighted by atomic mass is 16.5. The first-order valence-corrected chi connectivity index (χ1v) is 8.11. The van der Waals surface area contributed by atoms with Crippen LogP contribution in [0.1, 0.15) is 52.9 Å². The van der Waals surface area contributed by atoms with E-state index in [1.165, 1.54) is 6.92 Å². The van der Waals surface area contributed by atoms with Crippen LogP contribution < -0.4 is 0 Å². The second kappa shape index (κ2) is 8.29. The molecule has 0 aliphatic carbocycles. The van der Waals surface area contributed by atoms with Crippen molar-refractivity contribution in [3.8, 4) is 0 Å². The number of aliphatic carboxylic acids is 1. The minimum absolute atomic E-state index is 0.166. The first-order chi connectivity index (χ1) is 10.6. The van der Waals surface area contributed by atoms with E-state index in [1.807, 2.05) is 6.08 Å². The Hall–Kier alpha value is -1.62. The normalized spacial score (nSPS) is 22.1. The number of rotatable bonds is 9. The molecule has 0 radical (unpaired) electrons. The zero-order valence-corrected chi connectivity index (χ0v) is 14.2. The fourth-order valence-electron chi connectivity index (χ4n) is 2.67. The van der Waals surface area contributed by atoms with E-state index in [0.717, 1.165) is 18.4 Å². The van der Waals surface area contributed by atoms with Gasteiger partial charge in [0.15, 0.2) is 0 Å². The summed E-state index contributed by atoms with van der Waals surface area (Å²) < 4.78 is 5.21. The van der Waals surface area contributed by atoms with Gasteiger partial charge in [-0.05, 0) is 43.6 Å². The smallest absolute Gasteiger partial charge is 0.306 e. The van der Waals surface area contributed by atoms with E-state index in [-0.39, 0.29) is 24.4 Å². The molecule has 0 aromatic carbocycles. The van der Waals surface area contributed by atoms with Gasteiger partial charge in [0.1, 0.15) is 6.10 Å². The lowest BCUT2D eigenvalue weighted by molar-refractivity contribution is -0.141. The van der Waals surface area contributed by atoms with Gasteiger partial charge in [0.2, 0.25) is 0 Å². The van der Waals surface area contributed by atoms with Gasteiger partial charge in [0.25, 0.3) is 0 Å². The number of ether oxygens (including phenoxy) is 1. The van der Waals surface area contributed by atoms with Gasteiger partial charge in [-0.3, -0.25) is 9.59 Å². The van der Waals surface area contributed by atoms with E-state index in [4.69, 9.17) is 9.84 Å². The summed E-state index contributed by atoms with van der Waals surface area (Å²) in [5, 5.41) is 18.8. The van der Waals surface area contributed by atoms with Crippen LogP contribution in [0, 0.1) is 11.8 Å². The predicted molar refractivity (Wildman–Crippen MR) is 87.8 cm³/mol. The molecule has 0 aromatic rings. The van der Waals surface area contributed by atoms with Gasteiger partial charge >= 0.3 is 11.9 Å². The van der Waals surface area contributed by atoms with Gasteiger partial charge < -0.3 is 14.9 Å². The number of aliphatic hydroxyl groups is 1. The summed E-state index contributed by atoms with van der Waals surface area (Å²) in [4.78, 5) is 21.9. The molecule has 1 rings (SSSR count). The van der Waals surface area contributed by atoms with Crippen LogP contribution in [0.25, 0.3) is 0 Å². The first kappa shape index (κ1) is 19.4. The maximum atomic E-state index is 11.2. The van der Waals surface area contributed by atoms with Gasteiger partial charge in [0.05, 0.1) is 12.0 Å². The van der Waals surface area contributed by atoms with Crippen LogP contribution in [0.3, 0.4) is 0 Å². The number of carboxylic acids is 1. The van der Waals surface area contributed by atoms with Crippen molar-refractivity contribution >= 4 is 11.9 Å². The summed E-state index contributed by atoms with van der Waals surface area (Å²) >= 11 is 0. The first-order valence-electron chi connectivity index (χ1n) is 8.11. The average Bonchev–Trinajstić information content (AvgIpc) is 2.83. The van der Waals surface area contributed by atoms with Gasteiger partial charge in [-0.15, -0.1) is 0 Å². The van der Waals surface area contributed by atoms with E-state index in [9.17, 15) is 14.7 Å². The number of carboxylic acid groups (broad SMARTS) is 1. The quantitative estimate of drug-likeness (QED) is 0.503. The summed E-state index contributed by atoms with van der Waals surface area (Å²) in [6.45, 7) is 9.68. The average molecular weight is 324 g/mol. The molecule has 0 aromatic heterocycles. The number of carbonyl (C=O) groups is 2. The highest BCUT2D eigenvalue weighted by Gasteiger charge is 2.26. The maximum absolute atomic E-state index is 11.2. The Labute approximate surface area is 138 Å². The zero-order chi connectivity index (χ0) is 17.6. The molecule has 3 atom stereocenters. The summed E-state index contributed by atoms with van der Waals surface area (Å²) in [6.07, 6.45) is 5.69. The monoisotopic (exact) mass is 324 g/mol. The Bertz CT molecular complexity index is 476. The molecule has 1 saturated heterocycles. The maximum Gasteiger partial charge on any atom is 0.306 e. The van der Waals surface area contributed by atoms with Gasteiger partial charge in [-0.1, -0.05) is 32.6 Å². The molecule has 1 aliphatic heterocycles. The number of cyclic esters (lactones) is 1. The van der Waals surface area contributed by atoms with Crippen LogP contribution in [0.2, 0.25) is 0 Å². The minimum Gasteiger partial charge on any atom is -0.481 e. The highest BCUT2D eigenvalue weighted by molar-refractivity contribution is 5.72. The van der Waals surface area contributed by atoms with E-state index < -0.39 is 11.6 Å². The minimum atomic E-state index is -1.35. The third-order valence-electron chi connectivity index (χ3n) is 4.21. The van der Waals surface area contributed by atoms with Gasteiger partial charge in [-0.25, -0.2) is 0 Å². The van der Waals surface area contributed by atoms with Crippen LogP contribution >= 0.6 is 0 Å². The van der Waals surface area contributed by atoms with Gasteiger partial charge in [-0.2, -0.15) is 0 Å². The molecular weight excluding hydrogens is 296 g/mol. The number of hydrogen-bond donors (Lipinski definition) is 2. The van der Waals surface area contributed by atoms with Crippen molar-refractivity contribution < 1.29 is 24.5 Å². The Morgan fingerprint density at radius 3 is 2.65 bits per heavy atom. The van der Waals surface area contributed by atoms with Crippen LogP contribution in [0.5, 0.6) is 0 Å². The molecule has 0 unspecified atom stereocenters. The van der Waals surface area contributed by atoms with Crippen LogP contribution in [0.4, 0.5) is 0 Å². The van der Waals surface area contributed by atoms with Crippen molar-refractivity contribution in [1.82, 2.24) is 0 Å². The Balaban J connectivity index is 2.56. The number of carbonyl (C=O) groups excluding carboxylic acids is 1. The zero-order valence-electron chi connectivity index (χ0n) is 14.2. The van der Waals surface area contributed by atoms with Crippen LogP contribution in [0.15, 0.2) is 24.3 Å². The van der Waals surface area contributed by atoms with Gasteiger partial charge in [0, 0.05) is 6.42 Å². The van der Waals surface area contributed by atoms with E-state index in [2.05, 4.69) is 20.4 Å². The predicted octanol–water partition coefficient (Wildman–Crippen LogP) is 3.08. The van der Waals surface area contributed by atoms with E-state index >= 15 is 0 Å². The lowest BCUT2D eigenvalue weighted by Crippen LogP contribution is -2.25. The molecule has 0 bridgehead atoms. The Kier molecular flexibility index (Phi) is 7.01. The lowest BCUT2D eigenvalue weighted by Gasteiger charge is -2.22. The molecule has 130 valence electrons. The van der Waals surface area contributed by atoms with E-state index in [0.29, 0.717) is 18.8 Å². The van der Waals surface area contributed by atoms with Crippen molar-refractivity contribution in [2.24, 2.45) is 11.8 Å². The van der Waals surface area contributed by atoms with Crippen molar-refractivity contribution in [1.29, 1.82) is 0 Å². The summed E-state index contributed by atoms with van der Waals surface area (Å²) in [6, 6.07) is 0. The Morgan fingerprint density at radius 1 is 1.52 bits per heavy atom. The summed E-state index contributed by atoms with van der Waals surface area (Å²) in [5.41, 5.74) is -0.427. The standard InChI is InChI=1S/C18H28O5/c1-12(2)14(9-10-18(4,22)11-16(19)20)6-5-13(3)15-7-8-17(21)23-15/h9-10,12,14-15,22H,3,5-8,11H2,1-2,4H3,(H,19,20)/b10-9+/t14-,15-,18+/m0/s1. The lowest BCUT2D eigenvalue weighted by atomic mass is 9.87. The number of hydrogen-bond acceptors (Lipinski definition) is 4. The molecule has 2 N–H and O–H groups in total. The molecule has 1 aliphatic rings. The molecule has 0 spiro atoms. The molecule has 0 saturated carbocycles. The molecule has 1 fully saturated rings. The molecule has 5 heteroatoms. The fraction of sp³-hybridized carbons (Fsp3) is 0.667.